The van der Waals surface area contributed by atoms with Gasteiger partial charge < -0.3 is 4.90 Å². The van der Waals surface area contributed by atoms with Crippen LogP contribution in [0.1, 0.15) is 11.1 Å². The SMILES string of the molecule is FC(F)(F)c1cccc(CN2CCN(c3ncncc3Cl)CC2)c1. The second-order valence-electron chi connectivity index (χ2n) is 5.66. The molecule has 2 heterocycles. The molecular weight excluding hydrogens is 341 g/mol. The molecule has 8 heteroatoms. The summed E-state index contributed by atoms with van der Waals surface area (Å²) in [6.07, 6.45) is -1.30. The van der Waals surface area contributed by atoms with Gasteiger partial charge in [-0.05, 0) is 11.6 Å². The van der Waals surface area contributed by atoms with Gasteiger partial charge in [0.05, 0.1) is 11.8 Å². The van der Waals surface area contributed by atoms with Crippen LogP contribution in [0.4, 0.5) is 19.0 Å². The summed E-state index contributed by atoms with van der Waals surface area (Å²) in [7, 11) is 0. The predicted molar refractivity (Wildman–Crippen MR) is 86.0 cm³/mol. The highest BCUT2D eigenvalue weighted by atomic mass is 35.5. The van der Waals surface area contributed by atoms with E-state index in [-0.39, 0.29) is 0 Å². The number of benzene rings is 1. The average molecular weight is 357 g/mol. The van der Waals surface area contributed by atoms with Crippen LogP contribution in [0.5, 0.6) is 0 Å². The number of hydrogen-bond donors (Lipinski definition) is 0. The number of nitrogens with zero attached hydrogens (tertiary/aromatic N) is 4. The molecule has 0 bridgehead atoms. The predicted octanol–water partition coefficient (Wildman–Crippen LogP) is 3.47. The number of hydrogen-bond acceptors (Lipinski definition) is 4. The highest BCUT2D eigenvalue weighted by molar-refractivity contribution is 6.32. The van der Waals surface area contributed by atoms with Crippen molar-refractivity contribution >= 4 is 17.4 Å². The Balaban J connectivity index is 1.61. The summed E-state index contributed by atoms with van der Waals surface area (Å²) in [6.45, 7) is 3.40. The summed E-state index contributed by atoms with van der Waals surface area (Å²) in [5.74, 6) is 0.699. The van der Waals surface area contributed by atoms with Crippen molar-refractivity contribution < 1.29 is 13.2 Å². The van der Waals surface area contributed by atoms with Crippen LogP contribution in [0, 0.1) is 0 Å². The summed E-state index contributed by atoms with van der Waals surface area (Å²) in [6, 6.07) is 5.49. The molecule has 0 atom stereocenters. The Hall–Kier alpha value is -1.86. The fourth-order valence-corrected chi connectivity index (χ4v) is 2.99. The van der Waals surface area contributed by atoms with Crippen LogP contribution in [-0.4, -0.2) is 41.0 Å². The monoisotopic (exact) mass is 356 g/mol. The molecule has 0 N–H and O–H groups in total. The van der Waals surface area contributed by atoms with Gasteiger partial charge in [0.1, 0.15) is 11.3 Å². The van der Waals surface area contributed by atoms with E-state index in [0.29, 0.717) is 22.9 Å². The summed E-state index contributed by atoms with van der Waals surface area (Å²) < 4.78 is 38.3. The van der Waals surface area contributed by atoms with Crippen molar-refractivity contribution in [2.24, 2.45) is 0 Å². The van der Waals surface area contributed by atoms with Gasteiger partial charge in [-0.3, -0.25) is 4.90 Å². The van der Waals surface area contributed by atoms with E-state index in [0.717, 1.165) is 32.2 Å². The third kappa shape index (κ3) is 3.96. The fourth-order valence-electron chi connectivity index (χ4n) is 2.76. The zero-order chi connectivity index (χ0) is 17.2. The minimum Gasteiger partial charge on any atom is -0.353 e. The molecule has 1 aromatic heterocycles. The van der Waals surface area contributed by atoms with Crippen molar-refractivity contribution in [2.75, 3.05) is 31.1 Å². The van der Waals surface area contributed by atoms with Gasteiger partial charge in [0, 0.05) is 32.7 Å². The van der Waals surface area contributed by atoms with Crippen LogP contribution in [-0.2, 0) is 12.7 Å². The third-order valence-electron chi connectivity index (χ3n) is 3.98. The second-order valence-corrected chi connectivity index (χ2v) is 6.06. The zero-order valence-electron chi connectivity index (χ0n) is 12.8. The standard InChI is InChI=1S/C16H16ClF3N4/c17-14-9-21-11-22-15(14)24-6-4-23(5-7-24)10-12-2-1-3-13(8-12)16(18,19)20/h1-3,8-9,11H,4-7,10H2. The molecule has 1 aliphatic heterocycles. The Morgan fingerprint density at radius 2 is 1.88 bits per heavy atom. The molecular formula is C16H16ClF3N4. The van der Waals surface area contributed by atoms with Gasteiger partial charge in [0.15, 0.2) is 5.82 Å². The van der Waals surface area contributed by atoms with Gasteiger partial charge in [0.25, 0.3) is 0 Å². The molecule has 1 saturated heterocycles. The first-order chi connectivity index (χ1) is 11.4. The van der Waals surface area contributed by atoms with Crippen LogP contribution in [0.25, 0.3) is 0 Å². The van der Waals surface area contributed by atoms with Gasteiger partial charge in [0.2, 0.25) is 0 Å². The van der Waals surface area contributed by atoms with E-state index in [9.17, 15) is 13.2 Å². The molecule has 1 aliphatic rings. The molecule has 0 aliphatic carbocycles. The maximum atomic E-state index is 12.8. The Labute approximate surface area is 142 Å². The number of aromatic nitrogens is 2. The molecule has 24 heavy (non-hydrogen) atoms. The first-order valence-corrected chi connectivity index (χ1v) is 7.90. The lowest BCUT2D eigenvalue weighted by Crippen LogP contribution is -2.46. The molecule has 1 aromatic carbocycles. The Kier molecular flexibility index (Phi) is 4.91. The largest absolute Gasteiger partial charge is 0.416 e. The average Bonchev–Trinajstić information content (AvgIpc) is 2.56. The minimum atomic E-state index is -4.31. The van der Waals surface area contributed by atoms with E-state index in [1.165, 1.54) is 18.5 Å². The number of rotatable bonds is 3. The van der Waals surface area contributed by atoms with Crippen LogP contribution in [0.15, 0.2) is 36.8 Å². The smallest absolute Gasteiger partial charge is 0.353 e. The molecule has 0 saturated carbocycles. The Bertz CT molecular complexity index is 700. The van der Waals surface area contributed by atoms with Gasteiger partial charge in [-0.15, -0.1) is 0 Å². The molecule has 3 rings (SSSR count). The first-order valence-electron chi connectivity index (χ1n) is 7.52. The van der Waals surface area contributed by atoms with Crippen molar-refractivity contribution in [1.29, 1.82) is 0 Å². The molecule has 2 aromatic rings. The number of alkyl halides is 3. The lowest BCUT2D eigenvalue weighted by Gasteiger charge is -2.35. The molecule has 0 amide bonds. The van der Waals surface area contributed by atoms with Crippen molar-refractivity contribution in [1.82, 2.24) is 14.9 Å². The van der Waals surface area contributed by atoms with E-state index in [2.05, 4.69) is 19.8 Å². The lowest BCUT2D eigenvalue weighted by atomic mass is 10.1. The number of anilines is 1. The van der Waals surface area contributed by atoms with Crippen molar-refractivity contribution in [3.05, 3.63) is 52.9 Å². The summed E-state index contributed by atoms with van der Waals surface area (Å²) >= 11 is 6.10. The minimum absolute atomic E-state index is 0.495. The maximum absolute atomic E-state index is 12.8. The van der Waals surface area contributed by atoms with Gasteiger partial charge in [-0.2, -0.15) is 13.2 Å². The van der Waals surface area contributed by atoms with Crippen LogP contribution in [0.2, 0.25) is 5.02 Å². The molecule has 0 spiro atoms. The summed E-state index contributed by atoms with van der Waals surface area (Å²) in [5, 5.41) is 0.504. The first kappa shape index (κ1) is 17.0. The molecule has 4 nitrogen and oxygen atoms in total. The normalized spacial score (nSPS) is 16.4. The third-order valence-corrected chi connectivity index (χ3v) is 4.25. The Morgan fingerprint density at radius 3 is 2.54 bits per heavy atom. The summed E-state index contributed by atoms with van der Waals surface area (Å²) in [4.78, 5) is 12.2. The zero-order valence-corrected chi connectivity index (χ0v) is 13.6. The van der Waals surface area contributed by atoms with E-state index < -0.39 is 11.7 Å². The Morgan fingerprint density at radius 1 is 1.12 bits per heavy atom. The lowest BCUT2D eigenvalue weighted by molar-refractivity contribution is -0.137. The van der Waals surface area contributed by atoms with Crippen molar-refractivity contribution in [3.63, 3.8) is 0 Å². The second kappa shape index (κ2) is 6.94. The molecule has 0 radical (unpaired) electrons. The topological polar surface area (TPSA) is 32.3 Å². The molecule has 1 fully saturated rings. The molecule has 0 unspecified atom stereocenters. The van der Waals surface area contributed by atoms with Gasteiger partial charge in [-0.1, -0.05) is 29.8 Å². The van der Waals surface area contributed by atoms with Crippen LogP contribution in [0.3, 0.4) is 0 Å². The maximum Gasteiger partial charge on any atom is 0.416 e. The van der Waals surface area contributed by atoms with E-state index in [1.54, 1.807) is 12.3 Å². The van der Waals surface area contributed by atoms with Gasteiger partial charge >= 0.3 is 6.18 Å². The van der Waals surface area contributed by atoms with Crippen LogP contribution >= 0.6 is 11.6 Å². The quantitative estimate of drug-likeness (QED) is 0.843. The van der Waals surface area contributed by atoms with Crippen molar-refractivity contribution in [3.8, 4) is 0 Å². The molecule has 128 valence electrons. The number of halogens is 4. The highest BCUT2D eigenvalue weighted by Crippen LogP contribution is 2.30. The van der Waals surface area contributed by atoms with E-state index >= 15 is 0 Å². The summed E-state index contributed by atoms with van der Waals surface area (Å²) in [5.41, 5.74) is 0.0600. The van der Waals surface area contributed by atoms with Crippen molar-refractivity contribution in [2.45, 2.75) is 12.7 Å². The van der Waals surface area contributed by atoms with E-state index in [1.807, 2.05) is 0 Å². The fraction of sp³-hybridized carbons (Fsp3) is 0.375. The number of piperazine rings is 1. The van der Waals surface area contributed by atoms with E-state index in [4.69, 9.17) is 11.6 Å². The van der Waals surface area contributed by atoms with Crippen LogP contribution < -0.4 is 4.90 Å². The van der Waals surface area contributed by atoms with Gasteiger partial charge in [-0.25, -0.2) is 9.97 Å². The highest BCUT2D eigenvalue weighted by Gasteiger charge is 2.30.